The molecule has 2 rings (SSSR count). The number of nitrogens with one attached hydrogen (secondary N) is 1. The second-order valence-electron chi connectivity index (χ2n) is 5.24. The zero-order valence-electron chi connectivity index (χ0n) is 13.5. The number of hydrogen-bond donors (Lipinski definition) is 1. The van der Waals surface area contributed by atoms with E-state index in [-0.39, 0.29) is 11.8 Å². The van der Waals surface area contributed by atoms with Gasteiger partial charge in [-0.2, -0.15) is 13.2 Å². The predicted molar refractivity (Wildman–Crippen MR) is 88.7 cm³/mol. The molecule has 1 unspecified atom stereocenters. The molecule has 24 heavy (non-hydrogen) atoms. The summed E-state index contributed by atoms with van der Waals surface area (Å²) in [4.78, 5) is 1.23. The van der Waals surface area contributed by atoms with E-state index >= 15 is 0 Å². The molecule has 0 saturated heterocycles. The van der Waals surface area contributed by atoms with Crippen LogP contribution < -0.4 is 14.8 Å². The van der Waals surface area contributed by atoms with Gasteiger partial charge in [0.05, 0.1) is 6.61 Å². The average Bonchev–Trinajstić information content (AvgIpc) is 3.05. The Morgan fingerprint density at radius 2 is 1.96 bits per heavy atom. The summed E-state index contributed by atoms with van der Waals surface area (Å²) in [6.45, 7) is 3.44. The summed E-state index contributed by atoms with van der Waals surface area (Å²) in [5, 5.41) is 5.40. The van der Waals surface area contributed by atoms with Crippen molar-refractivity contribution in [3.8, 4) is 11.5 Å². The van der Waals surface area contributed by atoms with Gasteiger partial charge in [-0.15, -0.1) is 11.3 Å². The molecular weight excluding hydrogens is 339 g/mol. The van der Waals surface area contributed by atoms with Crippen LogP contribution in [0.25, 0.3) is 0 Å². The quantitative estimate of drug-likeness (QED) is 0.724. The number of thiophene rings is 1. The minimum Gasteiger partial charge on any atom is -0.490 e. The highest BCUT2D eigenvalue weighted by atomic mass is 32.1. The van der Waals surface area contributed by atoms with Crippen LogP contribution in [0, 0.1) is 0 Å². The molecule has 0 bridgehead atoms. The fraction of sp³-hybridized carbons (Fsp3) is 0.412. The Labute approximate surface area is 143 Å². The Bertz CT molecular complexity index is 629. The number of hydrogen-bond acceptors (Lipinski definition) is 4. The van der Waals surface area contributed by atoms with Gasteiger partial charge in [0.2, 0.25) is 0 Å². The van der Waals surface area contributed by atoms with Gasteiger partial charge in [0.25, 0.3) is 0 Å². The zero-order chi connectivity index (χ0) is 17.6. The third-order valence-electron chi connectivity index (χ3n) is 3.28. The normalized spacial score (nSPS) is 12.9. The van der Waals surface area contributed by atoms with Gasteiger partial charge in [0, 0.05) is 17.5 Å². The molecule has 0 aliphatic rings. The van der Waals surface area contributed by atoms with E-state index in [2.05, 4.69) is 18.3 Å². The van der Waals surface area contributed by atoms with E-state index in [1.54, 1.807) is 30.4 Å². The Balaban J connectivity index is 2.01. The molecule has 7 heteroatoms. The molecule has 0 spiro atoms. The average molecular weight is 359 g/mol. The van der Waals surface area contributed by atoms with E-state index in [4.69, 9.17) is 9.47 Å². The first-order valence-corrected chi connectivity index (χ1v) is 8.49. The van der Waals surface area contributed by atoms with Crippen molar-refractivity contribution < 1.29 is 22.6 Å². The van der Waals surface area contributed by atoms with Gasteiger partial charge < -0.3 is 14.8 Å². The molecule has 132 valence electrons. The van der Waals surface area contributed by atoms with Crippen molar-refractivity contribution in [3.63, 3.8) is 0 Å². The number of ether oxygens (including phenoxy) is 2. The third-order valence-corrected chi connectivity index (χ3v) is 4.34. The Hall–Kier alpha value is -1.73. The number of alkyl halides is 3. The lowest BCUT2D eigenvalue weighted by Crippen LogP contribution is -2.20. The van der Waals surface area contributed by atoms with Gasteiger partial charge >= 0.3 is 6.18 Å². The lowest BCUT2D eigenvalue weighted by Gasteiger charge is -2.16. The van der Waals surface area contributed by atoms with Crippen LogP contribution in [0.3, 0.4) is 0 Å². The van der Waals surface area contributed by atoms with Gasteiger partial charge in [-0.05, 0) is 43.0 Å². The van der Waals surface area contributed by atoms with Crippen molar-refractivity contribution in [2.75, 3.05) is 13.2 Å². The summed E-state index contributed by atoms with van der Waals surface area (Å²) in [6, 6.07) is 9.22. The smallest absolute Gasteiger partial charge is 0.422 e. The van der Waals surface area contributed by atoms with Gasteiger partial charge in [-0.1, -0.05) is 12.1 Å². The van der Waals surface area contributed by atoms with Crippen molar-refractivity contribution in [1.82, 2.24) is 5.32 Å². The molecule has 1 N–H and O–H groups in total. The second-order valence-corrected chi connectivity index (χ2v) is 6.22. The zero-order valence-corrected chi connectivity index (χ0v) is 14.3. The maximum absolute atomic E-state index is 12.3. The lowest BCUT2D eigenvalue weighted by atomic mass is 10.2. The summed E-state index contributed by atoms with van der Waals surface area (Å²) in [6.07, 6.45) is -4.38. The highest BCUT2D eigenvalue weighted by Gasteiger charge is 2.29. The Morgan fingerprint density at radius 3 is 2.58 bits per heavy atom. The second kappa shape index (κ2) is 8.39. The van der Waals surface area contributed by atoms with Gasteiger partial charge in [-0.25, -0.2) is 0 Å². The van der Waals surface area contributed by atoms with E-state index in [0.29, 0.717) is 18.9 Å². The number of halogens is 3. The first kappa shape index (κ1) is 18.6. The minimum atomic E-state index is -4.38. The van der Waals surface area contributed by atoms with Crippen molar-refractivity contribution >= 4 is 11.3 Å². The van der Waals surface area contributed by atoms with Gasteiger partial charge in [-0.3, -0.25) is 0 Å². The molecule has 1 aromatic carbocycles. The van der Waals surface area contributed by atoms with E-state index in [1.807, 2.05) is 11.4 Å². The first-order valence-electron chi connectivity index (χ1n) is 7.61. The summed E-state index contributed by atoms with van der Waals surface area (Å²) in [5.74, 6) is 0.425. The predicted octanol–water partition coefficient (Wildman–Crippen LogP) is 4.94. The molecule has 0 amide bonds. The number of benzene rings is 1. The Kier molecular flexibility index (Phi) is 6.51. The molecule has 0 radical (unpaired) electrons. The maximum Gasteiger partial charge on any atom is 0.422 e. The minimum absolute atomic E-state index is 0.101. The SMILES string of the molecule is CCOc1cc(CNC(C)c2cccs2)ccc1OCC(F)(F)F. The van der Waals surface area contributed by atoms with Crippen LogP contribution in [-0.4, -0.2) is 19.4 Å². The van der Waals surface area contributed by atoms with Crippen LogP contribution in [0.2, 0.25) is 0 Å². The van der Waals surface area contributed by atoms with Crippen molar-refractivity contribution in [1.29, 1.82) is 0 Å². The molecule has 1 heterocycles. The van der Waals surface area contributed by atoms with E-state index in [0.717, 1.165) is 5.56 Å². The fourth-order valence-corrected chi connectivity index (χ4v) is 2.88. The maximum atomic E-state index is 12.3. The highest BCUT2D eigenvalue weighted by molar-refractivity contribution is 7.10. The summed E-state index contributed by atoms with van der Waals surface area (Å²) >= 11 is 1.68. The van der Waals surface area contributed by atoms with Crippen LogP contribution in [-0.2, 0) is 6.54 Å². The first-order chi connectivity index (χ1) is 11.4. The molecule has 0 saturated carbocycles. The summed E-state index contributed by atoms with van der Waals surface area (Å²) in [7, 11) is 0. The van der Waals surface area contributed by atoms with E-state index in [9.17, 15) is 13.2 Å². The molecule has 0 aliphatic carbocycles. The molecule has 3 nitrogen and oxygen atoms in total. The van der Waals surface area contributed by atoms with E-state index in [1.165, 1.54) is 10.9 Å². The van der Waals surface area contributed by atoms with Crippen LogP contribution in [0.4, 0.5) is 13.2 Å². The fourth-order valence-electron chi connectivity index (χ4n) is 2.12. The molecule has 2 aromatic rings. The van der Waals surface area contributed by atoms with Gasteiger partial charge in [0.15, 0.2) is 18.1 Å². The largest absolute Gasteiger partial charge is 0.490 e. The van der Waals surface area contributed by atoms with Crippen LogP contribution in [0.1, 0.15) is 30.3 Å². The lowest BCUT2D eigenvalue weighted by molar-refractivity contribution is -0.153. The van der Waals surface area contributed by atoms with Crippen LogP contribution in [0.15, 0.2) is 35.7 Å². The third kappa shape index (κ3) is 5.72. The summed E-state index contributed by atoms with van der Waals surface area (Å²) < 4.78 is 47.2. The van der Waals surface area contributed by atoms with E-state index < -0.39 is 12.8 Å². The topological polar surface area (TPSA) is 30.5 Å². The molecule has 0 aliphatic heterocycles. The standard InChI is InChI=1S/C17H20F3NO2S/c1-3-22-15-9-13(6-7-14(15)23-11-17(18,19)20)10-21-12(2)16-5-4-8-24-16/h4-9,12,21H,3,10-11H2,1-2H3. The van der Waals surface area contributed by atoms with Crippen molar-refractivity contribution in [2.45, 2.75) is 32.6 Å². The summed E-state index contributed by atoms with van der Waals surface area (Å²) in [5.41, 5.74) is 0.918. The number of rotatable bonds is 8. The molecule has 0 fully saturated rings. The van der Waals surface area contributed by atoms with Crippen LogP contribution >= 0.6 is 11.3 Å². The van der Waals surface area contributed by atoms with Crippen LogP contribution in [0.5, 0.6) is 11.5 Å². The van der Waals surface area contributed by atoms with Gasteiger partial charge in [0.1, 0.15) is 0 Å². The highest BCUT2D eigenvalue weighted by Crippen LogP contribution is 2.30. The monoisotopic (exact) mass is 359 g/mol. The Morgan fingerprint density at radius 1 is 1.17 bits per heavy atom. The molecular formula is C17H20F3NO2S. The molecule has 1 atom stereocenters. The molecule has 1 aromatic heterocycles. The van der Waals surface area contributed by atoms with Crippen molar-refractivity contribution in [3.05, 3.63) is 46.2 Å². The van der Waals surface area contributed by atoms with Crippen molar-refractivity contribution in [2.24, 2.45) is 0 Å².